The Labute approximate surface area is 840 Å². The lowest BCUT2D eigenvalue weighted by Crippen LogP contribution is -2.52. The van der Waals surface area contributed by atoms with Gasteiger partial charge < -0.3 is 38.2 Å². The average molecular weight is 1900 g/mol. The molecule has 0 amide bonds. The topological polar surface area (TPSA) is 120 Å². The van der Waals surface area contributed by atoms with E-state index in [-0.39, 0.29) is 46.8 Å². The highest BCUT2D eigenvalue weighted by molar-refractivity contribution is 5.86. The van der Waals surface area contributed by atoms with Crippen molar-refractivity contribution < 1.29 is 18.4 Å². The molecule has 15 aromatic rings. The van der Waals surface area contributed by atoms with Gasteiger partial charge in [0.25, 0.3) is 0 Å². The van der Waals surface area contributed by atoms with Crippen molar-refractivity contribution >= 4 is 68.8 Å². The first-order valence-corrected chi connectivity index (χ1v) is 51.2. The molecule has 0 saturated heterocycles. The average Bonchev–Trinajstić information content (AvgIpc) is 1.57. The second-order valence-corrected chi connectivity index (χ2v) is 43.8. The molecule has 742 valence electrons. The first-order chi connectivity index (χ1) is 66.7. The minimum atomic E-state index is -0.382. The van der Waals surface area contributed by atoms with Crippen LogP contribution < -0.4 is 52.7 Å². The fourth-order valence-corrected chi connectivity index (χ4v) is 23.7. The molecule has 0 saturated carbocycles. The first-order valence-electron chi connectivity index (χ1n) is 51.2. The van der Waals surface area contributed by atoms with Crippen molar-refractivity contribution in [2.24, 2.45) is 56.4 Å². The van der Waals surface area contributed by atoms with Crippen LogP contribution in [0, 0.1) is 13.8 Å². The van der Waals surface area contributed by atoms with E-state index >= 15 is 0 Å². The monoisotopic (exact) mass is 1900 g/mol. The summed E-state index contributed by atoms with van der Waals surface area (Å²) in [6.45, 7) is 63.7. The smallest absolute Gasteiger partial charge is 0.352 e. The number of para-hydroxylation sites is 11. The molecule has 0 bridgehead atoms. The Morgan fingerprint density at radius 1 is 0.362 bits per heavy atom. The molecule has 7 aromatic carbocycles. The van der Waals surface area contributed by atoms with Crippen LogP contribution in [0.1, 0.15) is 289 Å². The van der Waals surface area contributed by atoms with Gasteiger partial charge in [0.05, 0.1) is 126 Å². The molecule has 0 radical (unpaired) electrons. The fourth-order valence-electron chi connectivity index (χ4n) is 23.7. The maximum absolute atomic E-state index is 5.16. The van der Waals surface area contributed by atoms with Gasteiger partial charge >= 0.3 is 17.8 Å². The van der Waals surface area contributed by atoms with Gasteiger partial charge in [-0.3, -0.25) is 4.68 Å². The van der Waals surface area contributed by atoms with Crippen molar-refractivity contribution in [1.82, 2.24) is 56.7 Å². The van der Waals surface area contributed by atoms with E-state index in [0.29, 0.717) is 41.5 Å². The highest BCUT2D eigenvalue weighted by Crippen LogP contribution is 2.55. The maximum Gasteiger partial charge on any atom is 0.371 e. The lowest BCUT2D eigenvalue weighted by atomic mass is 9.92. The standard InChI is InChI=1S/C35H43N6.2C32H43N6.C19H30N5/c1-23(2)26-15-14-16-27(24(3)4)32(26)39-22-21-37(8)34(39)40-25(5)41(31-20-13-12-19-30(31)40)35(6,7)33-36-28-17-10-11-18-29(28)38(33)9;1-21(2)25-14-13-15-26(22(3)4)30(25)36-19-18-34(9)31(36)37-24(6)38(28-17-12-11-16-27(28)37)32(7,8)29-20-33-23(5)35(29)10;1-21(2)25-14-13-15-26(22(3)4)30(25)36-19-18-34(9)31(36)37-24(6)38(28-17-12-11-16-27(28)37)32(7,8)29-20-23(5)33-35(29)10;1-15(2)24-12-10-18(21(24)7)22-13-14-23(16(22)3)19(4,5)17-9-8-11-20(17)6/h10-25H,1-9H3;2*11-22,24H,1-10H3;8-16H,1-7H3/q4*+1/t25-;2*24-;16-/m1111/s1. The third-order valence-corrected chi connectivity index (χ3v) is 30.6. The number of nitrogens with zero attached hydrogens (tertiary/aromatic N) is 23. The molecular formula is C118H159N23+4. The molecule has 23 nitrogen and oxygen atoms in total. The van der Waals surface area contributed by atoms with Crippen LogP contribution in [0.5, 0.6) is 0 Å². The van der Waals surface area contributed by atoms with Crippen molar-refractivity contribution in [2.45, 2.75) is 282 Å². The largest absolute Gasteiger partial charge is 0.371 e. The van der Waals surface area contributed by atoms with Gasteiger partial charge in [-0.05, 0) is 246 Å². The Morgan fingerprint density at radius 2 is 0.738 bits per heavy atom. The third-order valence-electron chi connectivity index (χ3n) is 30.6. The second kappa shape index (κ2) is 38.6. The molecule has 12 heterocycles. The summed E-state index contributed by atoms with van der Waals surface area (Å²) in [5.74, 6) is 9.19. The van der Waals surface area contributed by atoms with Gasteiger partial charge in [-0.15, -0.1) is 9.36 Å². The Kier molecular flexibility index (Phi) is 27.6. The summed E-state index contributed by atoms with van der Waals surface area (Å²) in [4.78, 5) is 29.7. The minimum Gasteiger partial charge on any atom is -0.352 e. The number of hydrogen-bond acceptors (Lipinski definition) is 11. The lowest BCUT2D eigenvalue weighted by Gasteiger charge is -2.41. The summed E-state index contributed by atoms with van der Waals surface area (Å²) < 4.78 is 27.2. The molecule has 4 aliphatic rings. The number of anilines is 10. The molecule has 4 atom stereocenters. The number of benzene rings is 7. The zero-order valence-electron chi connectivity index (χ0n) is 91.2. The third kappa shape index (κ3) is 17.4. The molecule has 19 rings (SSSR count). The molecule has 141 heavy (non-hydrogen) atoms. The van der Waals surface area contributed by atoms with Crippen molar-refractivity contribution in [3.8, 4) is 17.1 Å². The summed E-state index contributed by atoms with van der Waals surface area (Å²) in [7, 11) is 17.0. The summed E-state index contributed by atoms with van der Waals surface area (Å²) in [5.41, 5.74) is 25.3. The van der Waals surface area contributed by atoms with Crippen LogP contribution in [0.4, 0.5) is 57.8 Å². The highest BCUT2D eigenvalue weighted by atomic mass is 15.5. The van der Waals surface area contributed by atoms with Crippen LogP contribution >= 0.6 is 0 Å². The predicted octanol–water partition coefficient (Wildman–Crippen LogP) is 24.4. The zero-order chi connectivity index (χ0) is 102. The Balaban J connectivity index is 0.000000137. The van der Waals surface area contributed by atoms with E-state index in [1.807, 2.05) is 10.9 Å². The van der Waals surface area contributed by atoms with Crippen LogP contribution in [-0.4, -0.2) is 81.4 Å². The summed E-state index contributed by atoms with van der Waals surface area (Å²) in [5, 5.41) is 4.69. The van der Waals surface area contributed by atoms with Gasteiger partial charge in [0, 0.05) is 52.5 Å². The van der Waals surface area contributed by atoms with E-state index in [1.54, 1.807) is 0 Å². The summed E-state index contributed by atoms with van der Waals surface area (Å²) >= 11 is 0. The van der Waals surface area contributed by atoms with Crippen LogP contribution in [0.2, 0.25) is 0 Å². The summed E-state index contributed by atoms with van der Waals surface area (Å²) in [6.07, 6.45) is 24.4. The van der Waals surface area contributed by atoms with E-state index in [9.17, 15) is 0 Å². The maximum atomic E-state index is 5.16. The van der Waals surface area contributed by atoms with Gasteiger partial charge in [-0.1, -0.05) is 186 Å². The van der Waals surface area contributed by atoms with Gasteiger partial charge in [-0.2, -0.15) is 5.10 Å². The van der Waals surface area contributed by atoms with Gasteiger partial charge in [0.15, 0.2) is 36.6 Å². The molecule has 0 spiro atoms. The van der Waals surface area contributed by atoms with Gasteiger partial charge in [0.2, 0.25) is 0 Å². The Hall–Kier alpha value is -13.3. The van der Waals surface area contributed by atoms with Crippen LogP contribution in [0.25, 0.3) is 28.1 Å². The number of aromatic nitrogens is 15. The van der Waals surface area contributed by atoms with E-state index in [4.69, 9.17) is 4.98 Å². The van der Waals surface area contributed by atoms with Crippen molar-refractivity contribution in [3.05, 3.63) is 312 Å². The van der Waals surface area contributed by atoms with Crippen molar-refractivity contribution in [1.29, 1.82) is 0 Å². The predicted molar refractivity (Wildman–Crippen MR) is 580 cm³/mol. The summed E-state index contributed by atoms with van der Waals surface area (Å²) in [6, 6.07) is 64.4. The van der Waals surface area contributed by atoms with Gasteiger partial charge in [0.1, 0.15) is 70.5 Å². The normalized spacial score (nSPS) is 16.1. The Bertz CT molecular complexity index is 6800. The van der Waals surface area contributed by atoms with Crippen LogP contribution in [-0.2, 0) is 78.5 Å². The molecule has 23 heteroatoms. The first kappa shape index (κ1) is 101. The number of aryl methyl sites for hydroxylation is 8. The number of rotatable bonds is 22. The molecule has 0 aliphatic carbocycles. The van der Waals surface area contributed by atoms with Crippen molar-refractivity contribution in [2.75, 3.05) is 34.3 Å². The molecule has 0 unspecified atom stereocenters. The quantitative estimate of drug-likeness (QED) is 0.0603. The molecule has 8 aromatic heterocycles. The highest BCUT2D eigenvalue weighted by Gasteiger charge is 2.54. The number of imidazole rings is 5. The SMILES string of the molecule is CC(C)[n+]1ccc(N2C=CN(C(C)(C)c3cccn3C)[C@@H]2C)n1C.CC(C)c1cccc(C(C)C)c1-n1cc[n+](C)c1N1c2ccccc2N(C(C)(C)c2nc3ccccc3n2C)[C@@H]1C.Cc1cc(C(C)(C)N2c3ccccc3N(c3n(-c4c(C(C)C)cccc4C(C)C)cc[n+]3C)[C@H]2C)n(C)n1.Cc1ncc(C(C)(C)N2c3ccccc3N(c3n(-c4c(C(C)C)cccc4C(C)C)cc[n+]3C)[C@H]2C)n1C. The second-order valence-electron chi connectivity index (χ2n) is 43.8. The lowest BCUT2D eigenvalue weighted by molar-refractivity contribution is -0.789. The number of hydrogen-bond donors (Lipinski definition) is 0. The molecular weight excluding hydrogens is 1740 g/mol. The zero-order valence-corrected chi connectivity index (χ0v) is 91.2. The van der Waals surface area contributed by atoms with E-state index in [1.165, 1.54) is 107 Å². The fraction of sp³-hybridized carbons (Fsp3) is 0.432. The van der Waals surface area contributed by atoms with E-state index in [2.05, 4.69) is 588 Å². The Morgan fingerprint density at radius 3 is 1.08 bits per heavy atom. The van der Waals surface area contributed by atoms with Crippen LogP contribution in [0.15, 0.2) is 244 Å². The van der Waals surface area contributed by atoms with Gasteiger partial charge in [-0.25, -0.2) is 52.1 Å². The minimum absolute atomic E-state index is 0.0378. The van der Waals surface area contributed by atoms with Crippen molar-refractivity contribution in [3.63, 3.8) is 0 Å². The number of fused-ring (bicyclic) bond motifs is 4. The molecule has 4 aliphatic heterocycles. The molecule has 0 N–H and O–H groups in total. The van der Waals surface area contributed by atoms with E-state index < -0.39 is 0 Å². The molecule has 0 fully saturated rings. The van der Waals surface area contributed by atoms with E-state index in [0.717, 1.165) is 46.2 Å². The van der Waals surface area contributed by atoms with Crippen LogP contribution in [0.3, 0.4) is 0 Å².